The van der Waals surface area contributed by atoms with Gasteiger partial charge in [-0.05, 0) is 47.2 Å². The van der Waals surface area contributed by atoms with E-state index >= 15 is 0 Å². The normalized spacial score (nSPS) is 12.0. The average molecular weight is 359 g/mol. The van der Waals surface area contributed by atoms with E-state index < -0.39 is 11.7 Å². The van der Waals surface area contributed by atoms with Crippen LogP contribution in [0.15, 0.2) is 54.6 Å². The van der Waals surface area contributed by atoms with E-state index in [0.29, 0.717) is 15.2 Å². The number of nitrogens with zero attached hydrogens (tertiary/aromatic N) is 1. The second kappa shape index (κ2) is 5.74. The lowest BCUT2D eigenvalue weighted by Crippen LogP contribution is -2.03. The third-order valence-corrected chi connectivity index (χ3v) is 5.08. The number of aromatic nitrogens is 1. The van der Waals surface area contributed by atoms with E-state index in [-0.39, 0.29) is 0 Å². The second-order valence-electron chi connectivity index (χ2n) is 5.63. The van der Waals surface area contributed by atoms with Crippen LogP contribution < -0.4 is 4.74 Å². The van der Waals surface area contributed by atoms with Crippen LogP contribution in [-0.2, 0) is 6.18 Å². The Hall–Kier alpha value is -2.60. The summed E-state index contributed by atoms with van der Waals surface area (Å²) < 4.78 is 44.3. The predicted octanol–water partition coefficient (Wildman–Crippen LogP) is 6.14. The van der Waals surface area contributed by atoms with Crippen molar-refractivity contribution in [1.82, 2.24) is 4.98 Å². The minimum absolute atomic E-state index is 0.527. The van der Waals surface area contributed by atoms with E-state index in [1.54, 1.807) is 7.11 Å². The summed E-state index contributed by atoms with van der Waals surface area (Å²) in [6, 6.07) is 15.3. The first-order chi connectivity index (χ1) is 11.9. The van der Waals surface area contributed by atoms with Gasteiger partial charge in [0.25, 0.3) is 0 Å². The van der Waals surface area contributed by atoms with Crippen LogP contribution in [0.25, 0.3) is 31.6 Å². The Bertz CT molecular complexity index is 1090. The lowest BCUT2D eigenvalue weighted by atomic mass is 10.1. The smallest absolute Gasteiger partial charge is 0.416 e. The number of methoxy groups -OCH3 is 1. The zero-order valence-electron chi connectivity index (χ0n) is 13.1. The van der Waals surface area contributed by atoms with Gasteiger partial charge < -0.3 is 4.74 Å². The molecule has 0 aliphatic rings. The molecule has 3 aromatic carbocycles. The molecule has 1 aromatic heterocycles. The number of hydrogen-bond donors (Lipinski definition) is 0. The molecule has 25 heavy (non-hydrogen) atoms. The van der Waals surface area contributed by atoms with E-state index in [9.17, 15) is 13.2 Å². The van der Waals surface area contributed by atoms with Crippen LogP contribution in [0.4, 0.5) is 13.2 Å². The molecule has 0 radical (unpaired) electrons. The van der Waals surface area contributed by atoms with Gasteiger partial charge >= 0.3 is 6.18 Å². The number of fused-ring (bicyclic) bond motifs is 2. The summed E-state index contributed by atoms with van der Waals surface area (Å²) in [5.74, 6) is 0.778. The Labute approximate surface area is 145 Å². The molecule has 0 saturated heterocycles. The highest BCUT2D eigenvalue weighted by Gasteiger charge is 2.30. The lowest BCUT2D eigenvalue weighted by molar-refractivity contribution is -0.137. The van der Waals surface area contributed by atoms with E-state index in [1.807, 2.05) is 36.4 Å². The van der Waals surface area contributed by atoms with Gasteiger partial charge in [-0.25, -0.2) is 4.98 Å². The summed E-state index contributed by atoms with van der Waals surface area (Å²) in [5.41, 5.74) is 0.802. The SMILES string of the molecule is COc1ccc2cc(-c3nc4ccc(C(F)(F)F)cc4s3)ccc2c1. The number of alkyl halides is 3. The predicted molar refractivity (Wildman–Crippen MR) is 94.1 cm³/mol. The van der Waals surface area contributed by atoms with Crippen molar-refractivity contribution in [3.63, 3.8) is 0 Å². The molecular formula is C19H12F3NOS. The highest BCUT2D eigenvalue weighted by molar-refractivity contribution is 7.21. The molecule has 1 heterocycles. The molecule has 4 rings (SSSR count). The Kier molecular flexibility index (Phi) is 3.65. The third kappa shape index (κ3) is 2.93. The van der Waals surface area contributed by atoms with Gasteiger partial charge in [0.1, 0.15) is 10.8 Å². The molecule has 0 spiro atoms. The Morgan fingerprint density at radius 2 is 1.68 bits per heavy atom. The van der Waals surface area contributed by atoms with Crippen molar-refractivity contribution in [1.29, 1.82) is 0 Å². The van der Waals surface area contributed by atoms with Crippen molar-refractivity contribution < 1.29 is 17.9 Å². The summed E-state index contributed by atoms with van der Waals surface area (Å²) in [6.45, 7) is 0. The fourth-order valence-corrected chi connectivity index (χ4v) is 3.71. The van der Waals surface area contributed by atoms with Crippen molar-refractivity contribution in [2.24, 2.45) is 0 Å². The Morgan fingerprint density at radius 1 is 0.920 bits per heavy atom. The number of rotatable bonds is 2. The first-order valence-corrected chi connectivity index (χ1v) is 8.32. The highest BCUT2D eigenvalue weighted by Crippen LogP contribution is 2.36. The standard InChI is InChI=1S/C19H12F3NOS/c1-24-15-6-4-11-8-13(3-2-12(11)9-15)18-23-16-7-5-14(19(20,21)22)10-17(16)25-18/h2-10H,1H3. The summed E-state index contributed by atoms with van der Waals surface area (Å²) in [7, 11) is 1.62. The van der Waals surface area contributed by atoms with Crippen LogP contribution >= 0.6 is 11.3 Å². The lowest BCUT2D eigenvalue weighted by Gasteiger charge is -2.04. The van der Waals surface area contributed by atoms with Gasteiger partial charge in [0.05, 0.1) is 22.9 Å². The quantitative estimate of drug-likeness (QED) is 0.429. The molecule has 2 nitrogen and oxygen atoms in total. The molecule has 0 aliphatic heterocycles. The summed E-state index contributed by atoms with van der Waals surface area (Å²) >= 11 is 1.26. The van der Waals surface area contributed by atoms with Crippen molar-refractivity contribution in [3.05, 3.63) is 60.2 Å². The second-order valence-corrected chi connectivity index (χ2v) is 6.66. The van der Waals surface area contributed by atoms with Crippen LogP contribution in [0, 0.1) is 0 Å². The van der Waals surface area contributed by atoms with Crippen LogP contribution in [0.1, 0.15) is 5.56 Å². The molecular weight excluding hydrogens is 347 g/mol. The fraction of sp³-hybridized carbons (Fsp3) is 0.105. The van der Waals surface area contributed by atoms with Gasteiger partial charge in [-0.3, -0.25) is 0 Å². The first-order valence-electron chi connectivity index (χ1n) is 7.50. The van der Waals surface area contributed by atoms with Gasteiger partial charge in [-0.1, -0.05) is 18.2 Å². The number of ether oxygens (including phenoxy) is 1. The molecule has 6 heteroatoms. The Balaban J connectivity index is 1.79. The first kappa shape index (κ1) is 15.9. The van der Waals surface area contributed by atoms with Crippen molar-refractivity contribution in [2.75, 3.05) is 7.11 Å². The molecule has 0 atom stereocenters. The topological polar surface area (TPSA) is 22.1 Å². The molecule has 0 bridgehead atoms. The average Bonchev–Trinajstić information content (AvgIpc) is 3.03. The highest BCUT2D eigenvalue weighted by atomic mass is 32.1. The Morgan fingerprint density at radius 3 is 2.44 bits per heavy atom. The number of hydrogen-bond acceptors (Lipinski definition) is 3. The summed E-state index contributed by atoms with van der Waals surface area (Å²) in [5, 5.41) is 2.75. The van der Waals surface area contributed by atoms with E-state index in [2.05, 4.69) is 4.98 Å². The molecule has 0 N–H and O–H groups in total. The zero-order chi connectivity index (χ0) is 17.6. The van der Waals surface area contributed by atoms with Crippen LogP contribution in [-0.4, -0.2) is 12.1 Å². The zero-order valence-corrected chi connectivity index (χ0v) is 13.9. The summed E-state index contributed by atoms with van der Waals surface area (Å²) in [6.07, 6.45) is -4.35. The van der Waals surface area contributed by atoms with Gasteiger partial charge in [0, 0.05) is 5.56 Å². The van der Waals surface area contributed by atoms with Gasteiger partial charge in [-0.2, -0.15) is 13.2 Å². The molecule has 0 aliphatic carbocycles. The molecule has 0 amide bonds. The van der Waals surface area contributed by atoms with Crippen LogP contribution in [0.3, 0.4) is 0 Å². The van der Waals surface area contributed by atoms with E-state index in [0.717, 1.165) is 34.2 Å². The maximum absolute atomic E-state index is 12.9. The van der Waals surface area contributed by atoms with Crippen molar-refractivity contribution in [2.45, 2.75) is 6.18 Å². The van der Waals surface area contributed by atoms with Crippen LogP contribution in [0.2, 0.25) is 0 Å². The minimum atomic E-state index is -4.35. The number of benzene rings is 3. The number of thiazole rings is 1. The van der Waals surface area contributed by atoms with E-state index in [1.165, 1.54) is 17.4 Å². The largest absolute Gasteiger partial charge is 0.497 e. The minimum Gasteiger partial charge on any atom is -0.497 e. The van der Waals surface area contributed by atoms with Gasteiger partial charge in [-0.15, -0.1) is 11.3 Å². The molecule has 4 aromatic rings. The monoisotopic (exact) mass is 359 g/mol. The molecule has 0 fully saturated rings. The number of halogens is 3. The molecule has 0 unspecified atom stereocenters. The van der Waals surface area contributed by atoms with Crippen molar-refractivity contribution >= 4 is 32.3 Å². The molecule has 0 saturated carbocycles. The van der Waals surface area contributed by atoms with Gasteiger partial charge in [0.2, 0.25) is 0 Å². The maximum atomic E-state index is 12.9. The van der Waals surface area contributed by atoms with Crippen molar-refractivity contribution in [3.8, 4) is 16.3 Å². The van der Waals surface area contributed by atoms with Gasteiger partial charge in [0.15, 0.2) is 0 Å². The van der Waals surface area contributed by atoms with E-state index in [4.69, 9.17) is 4.74 Å². The third-order valence-electron chi connectivity index (χ3n) is 4.01. The molecule has 126 valence electrons. The fourth-order valence-electron chi connectivity index (χ4n) is 2.71. The summed E-state index contributed by atoms with van der Waals surface area (Å²) in [4.78, 5) is 4.47. The van der Waals surface area contributed by atoms with Crippen LogP contribution in [0.5, 0.6) is 5.75 Å². The maximum Gasteiger partial charge on any atom is 0.416 e.